The van der Waals surface area contributed by atoms with Crippen molar-refractivity contribution < 1.29 is 13.9 Å². The van der Waals surface area contributed by atoms with Crippen molar-refractivity contribution in [2.24, 2.45) is 0 Å². The van der Waals surface area contributed by atoms with E-state index in [2.05, 4.69) is 52.9 Å². The lowest BCUT2D eigenvalue weighted by Crippen LogP contribution is -2.36. The highest BCUT2D eigenvalue weighted by molar-refractivity contribution is 6.05. The first-order valence-corrected chi connectivity index (χ1v) is 10.6. The van der Waals surface area contributed by atoms with Gasteiger partial charge in [-0.05, 0) is 50.6 Å². The Morgan fingerprint density at radius 3 is 2.29 bits per heavy atom. The first-order valence-electron chi connectivity index (χ1n) is 10.6. The van der Waals surface area contributed by atoms with Gasteiger partial charge in [0.05, 0.1) is 18.9 Å². The van der Waals surface area contributed by atoms with Gasteiger partial charge in [0.25, 0.3) is 5.91 Å². The Balaban J connectivity index is 1.74. The summed E-state index contributed by atoms with van der Waals surface area (Å²) in [5.41, 5.74) is 6.64. The van der Waals surface area contributed by atoms with Crippen LogP contribution in [-0.2, 0) is 11.3 Å². The van der Waals surface area contributed by atoms with Gasteiger partial charge in [0.1, 0.15) is 11.5 Å². The van der Waals surface area contributed by atoms with Gasteiger partial charge in [-0.25, -0.2) is 4.39 Å². The second-order valence-electron chi connectivity index (χ2n) is 8.04. The summed E-state index contributed by atoms with van der Waals surface area (Å²) in [7, 11) is 0. The minimum absolute atomic E-state index is 0.196. The minimum atomic E-state index is -0.331. The second-order valence-corrected chi connectivity index (χ2v) is 8.04. The van der Waals surface area contributed by atoms with Gasteiger partial charge in [-0.3, -0.25) is 4.79 Å². The molecule has 1 N–H and O–H groups in total. The molecule has 1 aliphatic rings. The molecule has 3 aromatic rings. The molecule has 0 atom stereocenters. The third-order valence-corrected chi connectivity index (χ3v) is 5.83. The van der Waals surface area contributed by atoms with Gasteiger partial charge < -0.3 is 19.5 Å². The van der Waals surface area contributed by atoms with E-state index in [4.69, 9.17) is 4.74 Å². The lowest BCUT2D eigenvalue weighted by Gasteiger charge is -2.29. The van der Waals surface area contributed by atoms with Crippen LogP contribution in [0.3, 0.4) is 0 Å². The Bertz CT molecular complexity index is 1070. The molecular formula is C25H28FN3O2. The summed E-state index contributed by atoms with van der Waals surface area (Å²) in [4.78, 5) is 15.7. The average molecular weight is 422 g/mol. The van der Waals surface area contributed by atoms with E-state index in [1.807, 2.05) is 6.92 Å². The third kappa shape index (κ3) is 4.49. The number of morpholine rings is 1. The van der Waals surface area contributed by atoms with Crippen LogP contribution in [-0.4, -0.2) is 36.8 Å². The maximum absolute atomic E-state index is 13.4. The molecule has 6 heteroatoms. The zero-order valence-corrected chi connectivity index (χ0v) is 18.2. The number of benzene rings is 2. The molecule has 1 amide bonds. The molecule has 0 saturated carbocycles. The number of nitrogens with one attached hydrogen (secondary N) is 1. The zero-order chi connectivity index (χ0) is 22.0. The van der Waals surface area contributed by atoms with E-state index < -0.39 is 0 Å². The van der Waals surface area contributed by atoms with Crippen LogP contribution in [0.5, 0.6) is 0 Å². The van der Waals surface area contributed by atoms with E-state index >= 15 is 0 Å². The number of ether oxygens (including phenoxy) is 1. The van der Waals surface area contributed by atoms with Crippen LogP contribution < -0.4 is 10.2 Å². The first-order chi connectivity index (χ1) is 14.9. The number of carbonyl (C=O) groups excluding carboxylic acids is 1. The number of aromatic nitrogens is 1. The van der Waals surface area contributed by atoms with Crippen LogP contribution in [0.2, 0.25) is 0 Å². The van der Waals surface area contributed by atoms with Gasteiger partial charge in [-0.2, -0.15) is 0 Å². The van der Waals surface area contributed by atoms with Crippen molar-refractivity contribution >= 4 is 17.3 Å². The van der Waals surface area contributed by atoms with E-state index in [0.29, 0.717) is 31.1 Å². The Kier molecular flexibility index (Phi) is 6.09. The topological polar surface area (TPSA) is 46.5 Å². The third-order valence-electron chi connectivity index (χ3n) is 5.83. The quantitative estimate of drug-likeness (QED) is 0.650. The van der Waals surface area contributed by atoms with Crippen molar-refractivity contribution in [2.45, 2.75) is 27.3 Å². The molecule has 0 spiro atoms. The number of amides is 1. The van der Waals surface area contributed by atoms with Gasteiger partial charge >= 0.3 is 0 Å². The molecule has 0 aliphatic carbocycles. The highest BCUT2D eigenvalue weighted by Crippen LogP contribution is 2.32. The Hall–Kier alpha value is -3.12. The summed E-state index contributed by atoms with van der Waals surface area (Å²) in [5.74, 6) is -0.527. The fourth-order valence-electron chi connectivity index (χ4n) is 4.22. The molecule has 0 radical (unpaired) electrons. The number of hydrogen-bond donors (Lipinski definition) is 1. The Morgan fingerprint density at radius 1 is 1.00 bits per heavy atom. The van der Waals surface area contributed by atoms with E-state index in [1.165, 1.54) is 17.7 Å². The number of hydrogen-bond acceptors (Lipinski definition) is 3. The van der Waals surface area contributed by atoms with Crippen molar-refractivity contribution in [3.05, 3.63) is 82.4 Å². The molecule has 1 aromatic heterocycles. The summed E-state index contributed by atoms with van der Waals surface area (Å²) in [6.45, 7) is 9.70. The minimum Gasteiger partial charge on any atom is -0.378 e. The number of anilines is 2. The summed E-state index contributed by atoms with van der Waals surface area (Å²) >= 11 is 0. The van der Waals surface area contributed by atoms with Crippen LogP contribution in [0.4, 0.5) is 15.8 Å². The SMILES string of the molecule is Cc1ccc(Cn2c(C)c(N3CCOCC3)c(C)c2C(=O)Nc2ccc(F)cc2)cc1. The zero-order valence-electron chi connectivity index (χ0n) is 18.2. The van der Waals surface area contributed by atoms with Crippen LogP contribution in [0.15, 0.2) is 48.5 Å². The molecular weight excluding hydrogens is 393 g/mol. The fraction of sp³-hybridized carbons (Fsp3) is 0.320. The Labute approximate surface area is 182 Å². The van der Waals surface area contributed by atoms with E-state index in [9.17, 15) is 9.18 Å². The van der Waals surface area contributed by atoms with Crippen molar-refractivity contribution in [1.82, 2.24) is 4.57 Å². The largest absolute Gasteiger partial charge is 0.378 e. The summed E-state index contributed by atoms with van der Waals surface area (Å²) in [5, 5.41) is 2.94. The van der Waals surface area contributed by atoms with E-state index in [1.54, 1.807) is 12.1 Å². The summed E-state index contributed by atoms with van der Waals surface area (Å²) in [6.07, 6.45) is 0. The van der Waals surface area contributed by atoms with Gasteiger partial charge in [0.2, 0.25) is 0 Å². The smallest absolute Gasteiger partial charge is 0.272 e. The molecule has 1 fully saturated rings. The molecule has 2 heterocycles. The van der Waals surface area contributed by atoms with Crippen molar-refractivity contribution in [1.29, 1.82) is 0 Å². The molecule has 4 rings (SSSR count). The maximum Gasteiger partial charge on any atom is 0.272 e. The van der Waals surface area contributed by atoms with Crippen LogP contribution in [0.25, 0.3) is 0 Å². The van der Waals surface area contributed by atoms with Crippen LogP contribution in [0.1, 0.15) is 32.9 Å². The predicted molar refractivity (Wildman–Crippen MR) is 122 cm³/mol. The van der Waals surface area contributed by atoms with Gasteiger partial charge in [-0.15, -0.1) is 0 Å². The van der Waals surface area contributed by atoms with Gasteiger partial charge in [-0.1, -0.05) is 29.8 Å². The van der Waals surface area contributed by atoms with Crippen molar-refractivity contribution in [3.63, 3.8) is 0 Å². The second kappa shape index (κ2) is 8.94. The maximum atomic E-state index is 13.4. The Morgan fingerprint density at radius 2 is 1.65 bits per heavy atom. The van der Waals surface area contributed by atoms with Crippen LogP contribution in [0, 0.1) is 26.6 Å². The van der Waals surface area contributed by atoms with E-state index in [0.717, 1.165) is 35.6 Å². The first kappa shape index (κ1) is 21.1. The predicted octanol–water partition coefficient (Wildman–Crippen LogP) is 4.69. The average Bonchev–Trinajstić information content (AvgIpc) is 3.01. The molecule has 0 unspecified atom stereocenters. The van der Waals surface area contributed by atoms with Gasteiger partial charge in [0.15, 0.2) is 0 Å². The molecule has 5 nitrogen and oxygen atoms in total. The standard InChI is InChI=1S/C25H28FN3O2/c1-17-4-6-20(7-5-17)16-29-19(3)23(28-12-14-31-15-13-28)18(2)24(29)25(30)27-22-10-8-21(26)9-11-22/h4-11H,12-16H2,1-3H3,(H,27,30). The van der Waals surface area contributed by atoms with Crippen molar-refractivity contribution in [3.8, 4) is 0 Å². The monoisotopic (exact) mass is 421 g/mol. The highest BCUT2D eigenvalue weighted by atomic mass is 19.1. The molecule has 31 heavy (non-hydrogen) atoms. The number of nitrogens with zero attached hydrogens (tertiary/aromatic N) is 2. The number of aryl methyl sites for hydroxylation is 1. The molecule has 1 aliphatic heterocycles. The highest BCUT2D eigenvalue weighted by Gasteiger charge is 2.27. The number of carbonyl (C=O) groups is 1. The molecule has 1 saturated heterocycles. The number of rotatable bonds is 5. The normalized spacial score (nSPS) is 14.0. The molecule has 2 aromatic carbocycles. The fourth-order valence-corrected chi connectivity index (χ4v) is 4.22. The number of halogens is 1. The summed E-state index contributed by atoms with van der Waals surface area (Å²) in [6, 6.07) is 14.2. The summed E-state index contributed by atoms with van der Waals surface area (Å²) < 4.78 is 20.9. The lowest BCUT2D eigenvalue weighted by molar-refractivity contribution is 0.101. The van der Waals surface area contributed by atoms with Gasteiger partial charge in [0, 0.05) is 36.6 Å². The van der Waals surface area contributed by atoms with Crippen molar-refractivity contribution in [2.75, 3.05) is 36.5 Å². The van der Waals surface area contributed by atoms with E-state index in [-0.39, 0.29) is 11.7 Å². The van der Waals surface area contributed by atoms with Crippen LogP contribution >= 0.6 is 0 Å². The lowest BCUT2D eigenvalue weighted by atomic mass is 10.1. The molecule has 162 valence electrons. The molecule has 0 bridgehead atoms.